The SMILES string of the molecule is CCCCN(C)C(=O)C(=O)N1CCc2ccccc21. The van der Waals surface area contributed by atoms with Gasteiger partial charge in [0, 0.05) is 25.8 Å². The topological polar surface area (TPSA) is 40.6 Å². The molecule has 0 saturated heterocycles. The summed E-state index contributed by atoms with van der Waals surface area (Å²) in [5.74, 6) is -0.825. The highest BCUT2D eigenvalue weighted by Gasteiger charge is 2.30. The van der Waals surface area contributed by atoms with E-state index in [4.69, 9.17) is 0 Å². The number of rotatable bonds is 3. The molecule has 1 heterocycles. The zero-order valence-electron chi connectivity index (χ0n) is 11.6. The third-order valence-electron chi connectivity index (χ3n) is 3.51. The van der Waals surface area contributed by atoms with Crippen molar-refractivity contribution in [2.75, 3.05) is 25.0 Å². The average molecular weight is 260 g/mol. The fraction of sp³-hybridized carbons (Fsp3) is 0.467. The van der Waals surface area contributed by atoms with Crippen molar-refractivity contribution in [1.82, 2.24) is 4.90 Å². The first-order chi connectivity index (χ1) is 9.15. The Bertz CT molecular complexity index is 485. The lowest BCUT2D eigenvalue weighted by molar-refractivity contribution is -0.143. The number of carbonyl (C=O) groups excluding carboxylic acids is 2. The van der Waals surface area contributed by atoms with E-state index in [-0.39, 0.29) is 0 Å². The number of anilines is 1. The quantitative estimate of drug-likeness (QED) is 0.778. The zero-order valence-corrected chi connectivity index (χ0v) is 11.6. The van der Waals surface area contributed by atoms with Crippen LogP contribution in [-0.4, -0.2) is 36.9 Å². The second kappa shape index (κ2) is 5.87. The molecular formula is C15H20N2O2. The Morgan fingerprint density at radius 3 is 2.79 bits per heavy atom. The monoisotopic (exact) mass is 260 g/mol. The average Bonchev–Trinajstić information content (AvgIpc) is 2.87. The summed E-state index contributed by atoms with van der Waals surface area (Å²) in [6.45, 7) is 3.30. The van der Waals surface area contributed by atoms with Gasteiger partial charge in [0.15, 0.2) is 0 Å². The Morgan fingerprint density at radius 2 is 2.05 bits per heavy atom. The highest BCUT2D eigenvalue weighted by Crippen LogP contribution is 2.27. The molecule has 1 aliphatic heterocycles. The number of fused-ring (bicyclic) bond motifs is 1. The molecule has 4 nitrogen and oxygen atoms in total. The maximum absolute atomic E-state index is 12.2. The summed E-state index contributed by atoms with van der Waals surface area (Å²) in [7, 11) is 1.69. The Hall–Kier alpha value is -1.84. The highest BCUT2D eigenvalue weighted by atomic mass is 16.2. The van der Waals surface area contributed by atoms with Gasteiger partial charge >= 0.3 is 11.8 Å². The summed E-state index contributed by atoms with van der Waals surface area (Å²) in [6, 6.07) is 7.77. The van der Waals surface area contributed by atoms with E-state index < -0.39 is 11.8 Å². The number of unbranched alkanes of at least 4 members (excludes halogenated alkanes) is 1. The number of hydrogen-bond donors (Lipinski definition) is 0. The molecule has 19 heavy (non-hydrogen) atoms. The van der Waals surface area contributed by atoms with E-state index in [9.17, 15) is 9.59 Å². The van der Waals surface area contributed by atoms with Crippen LogP contribution in [0.1, 0.15) is 25.3 Å². The van der Waals surface area contributed by atoms with Gasteiger partial charge in [-0.1, -0.05) is 31.5 Å². The summed E-state index contributed by atoms with van der Waals surface area (Å²) in [6.07, 6.45) is 2.76. The molecule has 0 saturated carbocycles. The fourth-order valence-corrected chi connectivity index (χ4v) is 2.32. The summed E-state index contributed by atoms with van der Waals surface area (Å²) < 4.78 is 0. The molecule has 0 bridgehead atoms. The lowest BCUT2D eigenvalue weighted by Crippen LogP contribution is -2.43. The second-order valence-corrected chi connectivity index (χ2v) is 4.92. The van der Waals surface area contributed by atoms with Crippen molar-refractivity contribution in [1.29, 1.82) is 0 Å². The molecule has 0 spiro atoms. The first-order valence-electron chi connectivity index (χ1n) is 6.80. The maximum atomic E-state index is 12.2. The van der Waals surface area contributed by atoms with Gasteiger partial charge in [-0.15, -0.1) is 0 Å². The predicted molar refractivity (Wildman–Crippen MR) is 75.0 cm³/mol. The van der Waals surface area contributed by atoms with Crippen LogP contribution in [0.4, 0.5) is 5.69 Å². The number of carbonyl (C=O) groups is 2. The van der Waals surface area contributed by atoms with Gasteiger partial charge in [-0.2, -0.15) is 0 Å². The maximum Gasteiger partial charge on any atom is 0.316 e. The van der Waals surface area contributed by atoms with Crippen LogP contribution in [0.3, 0.4) is 0 Å². The van der Waals surface area contributed by atoms with Gasteiger partial charge in [-0.3, -0.25) is 9.59 Å². The third-order valence-corrected chi connectivity index (χ3v) is 3.51. The van der Waals surface area contributed by atoms with Crippen molar-refractivity contribution in [3.05, 3.63) is 29.8 Å². The lowest BCUT2D eigenvalue weighted by Gasteiger charge is -2.21. The van der Waals surface area contributed by atoms with Crippen LogP contribution in [-0.2, 0) is 16.0 Å². The zero-order chi connectivity index (χ0) is 13.8. The number of nitrogens with zero attached hydrogens (tertiary/aromatic N) is 2. The smallest absolute Gasteiger partial charge is 0.316 e. The van der Waals surface area contributed by atoms with Gasteiger partial charge in [0.2, 0.25) is 0 Å². The summed E-state index contributed by atoms with van der Waals surface area (Å²) in [5.41, 5.74) is 2.02. The second-order valence-electron chi connectivity index (χ2n) is 4.92. The van der Waals surface area contributed by atoms with Gasteiger partial charge in [0.25, 0.3) is 0 Å². The molecule has 1 aromatic rings. The molecule has 0 fully saturated rings. The first kappa shape index (κ1) is 13.6. The lowest BCUT2D eigenvalue weighted by atomic mass is 10.2. The van der Waals surface area contributed by atoms with Crippen LogP contribution >= 0.6 is 0 Å². The van der Waals surface area contributed by atoms with Crippen molar-refractivity contribution in [2.24, 2.45) is 0 Å². The highest BCUT2D eigenvalue weighted by molar-refractivity contribution is 6.40. The van der Waals surface area contributed by atoms with E-state index >= 15 is 0 Å². The minimum absolute atomic E-state index is 0.412. The molecule has 0 aromatic heterocycles. The molecule has 0 N–H and O–H groups in total. The molecule has 0 atom stereocenters. The van der Waals surface area contributed by atoms with Gasteiger partial charge in [0.1, 0.15) is 0 Å². The van der Waals surface area contributed by atoms with Crippen LogP contribution in [0.5, 0.6) is 0 Å². The van der Waals surface area contributed by atoms with Gasteiger partial charge < -0.3 is 9.80 Å². The Kier molecular flexibility index (Phi) is 4.20. The van der Waals surface area contributed by atoms with E-state index in [0.29, 0.717) is 13.1 Å². The van der Waals surface area contributed by atoms with Crippen LogP contribution in [0.2, 0.25) is 0 Å². The molecule has 4 heteroatoms. The van der Waals surface area contributed by atoms with Crippen molar-refractivity contribution >= 4 is 17.5 Å². The Balaban J connectivity index is 2.07. The fourth-order valence-electron chi connectivity index (χ4n) is 2.32. The van der Waals surface area contributed by atoms with E-state index in [2.05, 4.69) is 6.92 Å². The molecule has 2 rings (SSSR count). The number of hydrogen-bond acceptors (Lipinski definition) is 2. The molecule has 0 radical (unpaired) electrons. The normalized spacial score (nSPS) is 13.3. The molecule has 102 valence electrons. The van der Waals surface area contributed by atoms with E-state index in [1.807, 2.05) is 24.3 Å². The number of benzene rings is 1. The largest absolute Gasteiger partial charge is 0.337 e. The van der Waals surface area contributed by atoms with Crippen LogP contribution < -0.4 is 4.90 Å². The predicted octanol–water partition coefficient (Wildman–Crippen LogP) is 1.83. The number of para-hydroxylation sites is 1. The van der Waals surface area contributed by atoms with E-state index in [1.165, 1.54) is 4.90 Å². The van der Waals surface area contributed by atoms with Crippen molar-refractivity contribution in [3.8, 4) is 0 Å². The van der Waals surface area contributed by atoms with Crippen LogP contribution in [0, 0.1) is 0 Å². The Morgan fingerprint density at radius 1 is 1.32 bits per heavy atom. The van der Waals surface area contributed by atoms with Gasteiger partial charge in [-0.05, 0) is 24.5 Å². The Labute approximate surface area is 114 Å². The van der Waals surface area contributed by atoms with E-state index in [0.717, 1.165) is 30.5 Å². The number of likely N-dealkylation sites (N-methyl/N-ethyl adjacent to an activating group) is 1. The van der Waals surface area contributed by atoms with Gasteiger partial charge in [0.05, 0.1) is 0 Å². The number of amides is 2. The van der Waals surface area contributed by atoms with Crippen LogP contribution in [0.25, 0.3) is 0 Å². The molecule has 2 amide bonds. The minimum atomic E-state index is -0.413. The molecule has 0 aliphatic carbocycles. The van der Waals surface area contributed by atoms with Crippen molar-refractivity contribution < 1.29 is 9.59 Å². The van der Waals surface area contributed by atoms with Crippen LogP contribution in [0.15, 0.2) is 24.3 Å². The van der Waals surface area contributed by atoms with Crippen molar-refractivity contribution in [2.45, 2.75) is 26.2 Å². The molecular weight excluding hydrogens is 240 g/mol. The summed E-state index contributed by atoms with van der Waals surface area (Å²) in [4.78, 5) is 27.4. The molecule has 0 unspecified atom stereocenters. The van der Waals surface area contributed by atoms with Crippen molar-refractivity contribution in [3.63, 3.8) is 0 Å². The summed E-state index contributed by atoms with van der Waals surface area (Å²) in [5, 5.41) is 0. The first-order valence-corrected chi connectivity index (χ1v) is 6.80. The van der Waals surface area contributed by atoms with E-state index in [1.54, 1.807) is 11.9 Å². The molecule has 1 aliphatic rings. The third kappa shape index (κ3) is 2.78. The van der Waals surface area contributed by atoms with Gasteiger partial charge in [-0.25, -0.2) is 0 Å². The molecule has 1 aromatic carbocycles. The summed E-state index contributed by atoms with van der Waals surface area (Å²) >= 11 is 0. The minimum Gasteiger partial charge on any atom is -0.337 e. The standard InChI is InChI=1S/C15H20N2O2/c1-3-4-10-16(2)14(18)15(19)17-11-9-12-7-5-6-8-13(12)17/h5-8H,3-4,9-11H2,1-2H3.